The zero-order valence-corrected chi connectivity index (χ0v) is 16.7. The highest BCUT2D eigenvalue weighted by molar-refractivity contribution is 6.30. The van der Waals surface area contributed by atoms with Gasteiger partial charge in [0.05, 0.1) is 5.69 Å². The molecule has 4 nitrogen and oxygen atoms in total. The number of benzene rings is 3. The monoisotopic (exact) mass is 407 g/mol. The first-order chi connectivity index (χ1) is 14.1. The fraction of sp³-hybridized carbons (Fsp3) is 0.167. The Bertz CT molecular complexity index is 971. The van der Waals surface area contributed by atoms with Crippen LogP contribution in [0.25, 0.3) is 11.1 Å². The van der Waals surface area contributed by atoms with Gasteiger partial charge >= 0.3 is 5.97 Å². The maximum atomic E-state index is 13.3. The van der Waals surface area contributed by atoms with E-state index in [1.165, 1.54) is 0 Å². The molecule has 0 spiro atoms. The smallest absolute Gasteiger partial charge is 0.303 e. The summed E-state index contributed by atoms with van der Waals surface area (Å²) in [5, 5.41) is 9.48. The van der Waals surface area contributed by atoms with Gasteiger partial charge in [0.25, 0.3) is 5.91 Å². The van der Waals surface area contributed by atoms with Crippen molar-refractivity contribution in [1.82, 2.24) is 0 Å². The van der Waals surface area contributed by atoms with Crippen molar-refractivity contribution in [2.24, 2.45) is 0 Å². The van der Waals surface area contributed by atoms with Crippen molar-refractivity contribution >= 4 is 29.2 Å². The molecular formula is C24H22ClNO3. The van der Waals surface area contributed by atoms with E-state index in [0.717, 1.165) is 16.8 Å². The average Bonchev–Trinajstić information content (AvgIpc) is 2.74. The van der Waals surface area contributed by atoms with Gasteiger partial charge in [-0.05, 0) is 48.7 Å². The minimum Gasteiger partial charge on any atom is -0.481 e. The first-order valence-corrected chi connectivity index (χ1v) is 9.88. The fourth-order valence-corrected chi connectivity index (χ4v) is 3.32. The molecule has 0 bridgehead atoms. The summed E-state index contributed by atoms with van der Waals surface area (Å²) in [5.74, 6) is -0.967. The van der Waals surface area contributed by atoms with Crippen LogP contribution in [0.1, 0.15) is 29.6 Å². The van der Waals surface area contributed by atoms with Gasteiger partial charge in [-0.3, -0.25) is 9.59 Å². The van der Waals surface area contributed by atoms with Crippen molar-refractivity contribution in [3.8, 4) is 11.1 Å². The van der Waals surface area contributed by atoms with Gasteiger partial charge in [0.2, 0.25) is 0 Å². The van der Waals surface area contributed by atoms with Gasteiger partial charge in [-0.15, -0.1) is 0 Å². The molecule has 1 amide bonds. The summed E-state index contributed by atoms with van der Waals surface area (Å²) in [7, 11) is 0. The van der Waals surface area contributed by atoms with Crippen LogP contribution < -0.4 is 4.90 Å². The van der Waals surface area contributed by atoms with Crippen LogP contribution in [0.5, 0.6) is 0 Å². The lowest BCUT2D eigenvalue weighted by atomic mass is 10.0. The standard InChI is InChI=1S/C24H22ClNO3/c25-20-15-13-19(14-16-20)24(29)26(17-7-6-12-23(27)28)22-11-5-4-10-21(22)18-8-2-1-3-9-18/h1-5,8-11,13-16H,6-7,12,17H2,(H,27,28). The number of halogens is 1. The van der Waals surface area contributed by atoms with Gasteiger partial charge in [0.15, 0.2) is 0 Å². The number of carboxylic acid groups (broad SMARTS) is 1. The van der Waals surface area contributed by atoms with Crippen LogP contribution in [0, 0.1) is 0 Å². The largest absolute Gasteiger partial charge is 0.481 e. The molecule has 0 heterocycles. The number of amides is 1. The molecule has 3 aromatic rings. The van der Waals surface area contributed by atoms with Gasteiger partial charge in [-0.1, -0.05) is 60.1 Å². The highest BCUT2D eigenvalue weighted by Gasteiger charge is 2.20. The third kappa shape index (κ3) is 5.46. The van der Waals surface area contributed by atoms with Crippen molar-refractivity contribution in [3.63, 3.8) is 0 Å². The highest BCUT2D eigenvalue weighted by atomic mass is 35.5. The predicted molar refractivity (Wildman–Crippen MR) is 116 cm³/mol. The number of carbonyl (C=O) groups excluding carboxylic acids is 1. The molecule has 0 aliphatic heterocycles. The SMILES string of the molecule is O=C(O)CCCCN(C(=O)c1ccc(Cl)cc1)c1ccccc1-c1ccccc1. The first kappa shape index (κ1) is 20.6. The van der Waals surface area contributed by atoms with Crippen LogP contribution in [0.2, 0.25) is 5.02 Å². The highest BCUT2D eigenvalue weighted by Crippen LogP contribution is 2.32. The average molecular weight is 408 g/mol. The van der Waals surface area contributed by atoms with Crippen LogP contribution >= 0.6 is 11.6 Å². The Morgan fingerprint density at radius 3 is 2.17 bits per heavy atom. The molecule has 0 atom stereocenters. The van der Waals surface area contributed by atoms with Gasteiger partial charge in [-0.25, -0.2) is 0 Å². The normalized spacial score (nSPS) is 10.5. The minimum atomic E-state index is -0.828. The van der Waals surface area contributed by atoms with E-state index in [1.54, 1.807) is 29.2 Å². The van der Waals surface area contributed by atoms with Crippen molar-refractivity contribution < 1.29 is 14.7 Å². The maximum Gasteiger partial charge on any atom is 0.303 e. The van der Waals surface area contributed by atoms with E-state index < -0.39 is 5.97 Å². The second kappa shape index (κ2) is 9.89. The Morgan fingerprint density at radius 1 is 0.828 bits per heavy atom. The van der Waals surface area contributed by atoms with Gasteiger partial charge in [0, 0.05) is 29.1 Å². The van der Waals surface area contributed by atoms with E-state index in [2.05, 4.69) is 0 Å². The summed E-state index contributed by atoms with van der Waals surface area (Å²) < 4.78 is 0. The Hall–Kier alpha value is -3.11. The Kier molecular flexibility index (Phi) is 7.04. The lowest BCUT2D eigenvalue weighted by Gasteiger charge is -2.26. The van der Waals surface area contributed by atoms with Crippen LogP contribution in [0.15, 0.2) is 78.9 Å². The molecule has 0 saturated heterocycles. The van der Waals surface area contributed by atoms with Crippen molar-refractivity contribution in [1.29, 1.82) is 0 Å². The molecule has 1 N–H and O–H groups in total. The topological polar surface area (TPSA) is 57.6 Å². The molecule has 3 rings (SSSR count). The van der Waals surface area contributed by atoms with E-state index in [9.17, 15) is 9.59 Å². The summed E-state index contributed by atoms with van der Waals surface area (Å²) in [6, 6.07) is 24.5. The Balaban J connectivity index is 1.96. The molecule has 148 valence electrons. The molecule has 0 saturated carbocycles. The summed E-state index contributed by atoms with van der Waals surface area (Å²) in [4.78, 5) is 25.9. The number of nitrogens with zero attached hydrogens (tertiary/aromatic N) is 1. The molecule has 0 fully saturated rings. The molecule has 29 heavy (non-hydrogen) atoms. The van der Waals surface area contributed by atoms with Crippen LogP contribution in [-0.4, -0.2) is 23.5 Å². The number of para-hydroxylation sites is 1. The molecule has 3 aromatic carbocycles. The number of carboxylic acids is 1. The number of aliphatic carboxylic acids is 1. The summed E-state index contributed by atoms with van der Waals surface area (Å²) in [6.07, 6.45) is 1.19. The minimum absolute atomic E-state index is 0.0866. The molecule has 0 unspecified atom stereocenters. The molecule has 0 aliphatic rings. The predicted octanol–water partition coefficient (Wildman–Crippen LogP) is 5.91. The molecule has 0 radical (unpaired) electrons. The van der Waals surface area contributed by atoms with Gasteiger partial charge in [-0.2, -0.15) is 0 Å². The zero-order valence-electron chi connectivity index (χ0n) is 15.9. The Labute approximate surface area is 175 Å². The van der Waals surface area contributed by atoms with E-state index in [-0.39, 0.29) is 12.3 Å². The number of unbranched alkanes of at least 4 members (excludes halogenated alkanes) is 1. The van der Waals surface area contributed by atoms with Crippen molar-refractivity contribution in [2.45, 2.75) is 19.3 Å². The van der Waals surface area contributed by atoms with Crippen LogP contribution in [0.3, 0.4) is 0 Å². The zero-order chi connectivity index (χ0) is 20.6. The van der Waals surface area contributed by atoms with E-state index in [1.807, 2.05) is 54.6 Å². The fourth-order valence-electron chi connectivity index (χ4n) is 3.20. The third-order valence-electron chi connectivity index (χ3n) is 4.64. The molecule has 5 heteroatoms. The number of hydrogen-bond acceptors (Lipinski definition) is 2. The van der Waals surface area contributed by atoms with Crippen molar-refractivity contribution in [2.75, 3.05) is 11.4 Å². The van der Waals surface area contributed by atoms with Crippen LogP contribution in [-0.2, 0) is 4.79 Å². The first-order valence-electron chi connectivity index (χ1n) is 9.50. The number of hydrogen-bond donors (Lipinski definition) is 1. The third-order valence-corrected chi connectivity index (χ3v) is 4.89. The lowest BCUT2D eigenvalue weighted by Crippen LogP contribution is -2.32. The lowest BCUT2D eigenvalue weighted by molar-refractivity contribution is -0.137. The van der Waals surface area contributed by atoms with E-state index >= 15 is 0 Å². The van der Waals surface area contributed by atoms with E-state index in [0.29, 0.717) is 30.0 Å². The number of carbonyl (C=O) groups is 2. The number of rotatable bonds is 8. The molecule has 0 aromatic heterocycles. The molecular weight excluding hydrogens is 386 g/mol. The maximum absolute atomic E-state index is 13.3. The second-order valence-corrected chi connectivity index (χ2v) is 7.13. The van der Waals surface area contributed by atoms with Crippen molar-refractivity contribution in [3.05, 3.63) is 89.4 Å². The second-order valence-electron chi connectivity index (χ2n) is 6.70. The van der Waals surface area contributed by atoms with Gasteiger partial charge in [0.1, 0.15) is 0 Å². The summed E-state index contributed by atoms with van der Waals surface area (Å²) >= 11 is 5.97. The van der Waals surface area contributed by atoms with E-state index in [4.69, 9.17) is 16.7 Å². The summed E-state index contributed by atoms with van der Waals surface area (Å²) in [6.45, 7) is 0.429. The molecule has 0 aliphatic carbocycles. The Morgan fingerprint density at radius 2 is 1.48 bits per heavy atom. The van der Waals surface area contributed by atoms with Crippen LogP contribution in [0.4, 0.5) is 5.69 Å². The number of anilines is 1. The van der Waals surface area contributed by atoms with Gasteiger partial charge < -0.3 is 10.0 Å². The summed E-state index contributed by atoms with van der Waals surface area (Å²) in [5.41, 5.74) is 3.31. The quantitative estimate of drug-likeness (QED) is 0.472.